The van der Waals surface area contributed by atoms with Gasteiger partial charge in [0.2, 0.25) is 0 Å². The lowest BCUT2D eigenvalue weighted by molar-refractivity contribution is 0.103. The summed E-state index contributed by atoms with van der Waals surface area (Å²) in [5.41, 5.74) is 1.26. The molecule has 18 heavy (non-hydrogen) atoms. The van der Waals surface area contributed by atoms with Crippen molar-refractivity contribution < 1.29 is 9.18 Å². The van der Waals surface area contributed by atoms with Crippen molar-refractivity contribution in [2.24, 2.45) is 5.92 Å². The molecule has 3 heterocycles. The van der Waals surface area contributed by atoms with E-state index in [2.05, 4.69) is 4.90 Å². The molecule has 3 aliphatic rings. The largest absolute Gasteiger partial charge is 0.375 e. The van der Waals surface area contributed by atoms with E-state index in [1.54, 1.807) is 24.3 Å². The fraction of sp³-hybridized carbons (Fsp3) is 0.400. The summed E-state index contributed by atoms with van der Waals surface area (Å²) in [5, 5.41) is 0. The molecule has 0 aliphatic carbocycles. The maximum absolute atomic E-state index is 13.5. The maximum atomic E-state index is 13.5. The van der Waals surface area contributed by atoms with Gasteiger partial charge in [0.05, 0.1) is 5.56 Å². The minimum absolute atomic E-state index is 0.174. The van der Waals surface area contributed by atoms with Crippen molar-refractivity contribution in [1.82, 2.24) is 4.90 Å². The van der Waals surface area contributed by atoms with E-state index >= 15 is 0 Å². The number of rotatable bonds is 2. The van der Waals surface area contributed by atoms with Crippen LogP contribution in [0.1, 0.15) is 29.6 Å². The Morgan fingerprint density at radius 3 is 2.61 bits per heavy atom. The van der Waals surface area contributed by atoms with Crippen molar-refractivity contribution in [3.8, 4) is 0 Å². The van der Waals surface area contributed by atoms with Gasteiger partial charge in [-0.15, -0.1) is 0 Å². The van der Waals surface area contributed by atoms with E-state index in [0.717, 1.165) is 31.1 Å². The minimum atomic E-state index is -0.435. The average molecular weight is 245 g/mol. The predicted molar refractivity (Wildman–Crippen MR) is 67.7 cm³/mol. The van der Waals surface area contributed by atoms with Gasteiger partial charge in [-0.05, 0) is 37.3 Å². The summed E-state index contributed by atoms with van der Waals surface area (Å²) < 4.78 is 13.5. The van der Waals surface area contributed by atoms with Gasteiger partial charge in [0, 0.05) is 24.9 Å². The molecule has 94 valence electrons. The minimum Gasteiger partial charge on any atom is -0.375 e. The summed E-state index contributed by atoms with van der Waals surface area (Å²) in [5.74, 6) is 0.0700. The number of halogens is 1. The molecule has 3 saturated heterocycles. The molecular formula is C15H16FNO. The monoisotopic (exact) mass is 245 g/mol. The summed E-state index contributed by atoms with van der Waals surface area (Å²) in [7, 11) is 0. The van der Waals surface area contributed by atoms with Crippen molar-refractivity contribution in [2.75, 3.05) is 13.1 Å². The van der Waals surface area contributed by atoms with Crippen LogP contribution in [0.5, 0.6) is 0 Å². The topological polar surface area (TPSA) is 20.3 Å². The first kappa shape index (κ1) is 11.5. The molecule has 0 unspecified atom stereocenters. The molecule has 1 aromatic carbocycles. The number of carbonyl (C=O) groups is 1. The van der Waals surface area contributed by atoms with Crippen molar-refractivity contribution in [3.05, 3.63) is 47.4 Å². The predicted octanol–water partition coefficient (Wildman–Crippen LogP) is 3.01. The van der Waals surface area contributed by atoms with E-state index in [-0.39, 0.29) is 11.3 Å². The van der Waals surface area contributed by atoms with Crippen LogP contribution in [0.2, 0.25) is 0 Å². The molecule has 3 fully saturated rings. The molecule has 1 aromatic rings. The van der Waals surface area contributed by atoms with E-state index in [9.17, 15) is 9.18 Å². The van der Waals surface area contributed by atoms with Crippen LogP contribution in [0.25, 0.3) is 0 Å². The van der Waals surface area contributed by atoms with Gasteiger partial charge in [0.25, 0.3) is 0 Å². The molecule has 0 spiro atoms. The molecule has 2 nitrogen and oxygen atoms in total. The van der Waals surface area contributed by atoms with Gasteiger partial charge in [-0.1, -0.05) is 12.1 Å². The molecular weight excluding hydrogens is 229 g/mol. The van der Waals surface area contributed by atoms with Gasteiger partial charge >= 0.3 is 0 Å². The van der Waals surface area contributed by atoms with E-state index in [0.29, 0.717) is 0 Å². The second kappa shape index (κ2) is 4.56. The zero-order chi connectivity index (χ0) is 12.5. The van der Waals surface area contributed by atoms with Crippen molar-refractivity contribution in [1.29, 1.82) is 0 Å². The molecule has 3 heteroatoms. The number of benzene rings is 1. The summed E-state index contributed by atoms with van der Waals surface area (Å²) in [6.07, 6.45) is 5.06. The molecule has 0 atom stereocenters. The number of allylic oxidation sites excluding steroid dienone is 2. The van der Waals surface area contributed by atoms with Crippen LogP contribution in [0.15, 0.2) is 36.0 Å². The Labute approximate surface area is 106 Å². The third kappa shape index (κ3) is 2.05. The lowest BCUT2D eigenvalue weighted by Gasteiger charge is -2.42. The normalized spacial score (nSPS) is 21.6. The summed E-state index contributed by atoms with van der Waals surface area (Å²) >= 11 is 0. The third-order valence-corrected chi connectivity index (χ3v) is 3.96. The fourth-order valence-corrected chi connectivity index (χ4v) is 2.89. The Hall–Kier alpha value is -1.64. The zero-order valence-corrected chi connectivity index (χ0v) is 10.2. The second-order valence-electron chi connectivity index (χ2n) is 5.11. The highest BCUT2D eigenvalue weighted by Crippen LogP contribution is 2.34. The van der Waals surface area contributed by atoms with E-state index in [1.165, 1.54) is 18.9 Å². The molecule has 0 aromatic heterocycles. The van der Waals surface area contributed by atoms with Crippen LogP contribution < -0.4 is 0 Å². The van der Waals surface area contributed by atoms with E-state index in [4.69, 9.17) is 0 Å². The van der Waals surface area contributed by atoms with E-state index in [1.807, 2.05) is 0 Å². The van der Waals surface area contributed by atoms with Gasteiger partial charge in [-0.25, -0.2) is 4.39 Å². The SMILES string of the molecule is O=C(/C=C1\CC2CCN1CC2)c1ccccc1F. The number of hydrogen-bond acceptors (Lipinski definition) is 2. The highest BCUT2D eigenvalue weighted by atomic mass is 19.1. The van der Waals surface area contributed by atoms with Gasteiger partial charge in [-0.3, -0.25) is 4.79 Å². The van der Waals surface area contributed by atoms with Gasteiger partial charge in [0.15, 0.2) is 5.78 Å². The summed E-state index contributed by atoms with van der Waals surface area (Å²) in [4.78, 5) is 14.3. The zero-order valence-electron chi connectivity index (χ0n) is 10.2. The molecule has 0 radical (unpaired) electrons. The van der Waals surface area contributed by atoms with Gasteiger partial charge < -0.3 is 4.90 Å². The fourth-order valence-electron chi connectivity index (χ4n) is 2.89. The quantitative estimate of drug-likeness (QED) is 0.589. The van der Waals surface area contributed by atoms with Crippen molar-refractivity contribution >= 4 is 5.78 Å². The molecule has 2 bridgehead atoms. The smallest absolute Gasteiger partial charge is 0.190 e. The highest BCUT2D eigenvalue weighted by Gasteiger charge is 2.29. The van der Waals surface area contributed by atoms with Crippen LogP contribution in [0, 0.1) is 11.7 Å². The van der Waals surface area contributed by atoms with Gasteiger partial charge in [-0.2, -0.15) is 0 Å². The Morgan fingerprint density at radius 2 is 2.00 bits per heavy atom. The standard InChI is InChI=1S/C15H16FNO/c16-14-4-2-1-3-13(14)15(18)10-12-9-11-5-7-17(12)8-6-11/h1-4,10-11H,5-9H2/b12-10+. The number of carbonyl (C=O) groups excluding carboxylic acids is 1. The maximum Gasteiger partial charge on any atom is 0.190 e. The average Bonchev–Trinajstić information content (AvgIpc) is 2.40. The Kier molecular flexibility index (Phi) is 2.90. The Balaban J connectivity index is 1.84. The number of nitrogens with zero attached hydrogens (tertiary/aromatic N) is 1. The molecule has 3 aliphatic heterocycles. The Morgan fingerprint density at radius 1 is 1.28 bits per heavy atom. The van der Waals surface area contributed by atoms with Gasteiger partial charge in [0.1, 0.15) is 5.82 Å². The molecule has 4 rings (SSSR count). The van der Waals surface area contributed by atoms with Crippen molar-refractivity contribution in [3.63, 3.8) is 0 Å². The molecule has 0 amide bonds. The molecule has 0 N–H and O–H groups in total. The van der Waals surface area contributed by atoms with Crippen molar-refractivity contribution in [2.45, 2.75) is 19.3 Å². The number of hydrogen-bond donors (Lipinski definition) is 0. The number of piperidine rings is 3. The second-order valence-corrected chi connectivity index (χ2v) is 5.11. The first-order valence-electron chi connectivity index (χ1n) is 6.48. The lowest BCUT2D eigenvalue weighted by atomic mass is 9.85. The van der Waals surface area contributed by atoms with Crippen LogP contribution in [-0.2, 0) is 0 Å². The summed E-state index contributed by atoms with van der Waals surface area (Å²) in [6, 6.07) is 6.18. The molecule has 0 saturated carbocycles. The van der Waals surface area contributed by atoms with Crippen LogP contribution in [0.4, 0.5) is 4.39 Å². The first-order chi connectivity index (χ1) is 8.74. The third-order valence-electron chi connectivity index (χ3n) is 3.96. The first-order valence-corrected chi connectivity index (χ1v) is 6.48. The van der Waals surface area contributed by atoms with Crippen LogP contribution >= 0.6 is 0 Å². The summed E-state index contributed by atoms with van der Waals surface area (Å²) in [6.45, 7) is 2.09. The van der Waals surface area contributed by atoms with Crippen LogP contribution in [-0.4, -0.2) is 23.8 Å². The number of fused-ring (bicyclic) bond motifs is 3. The van der Waals surface area contributed by atoms with Crippen LogP contribution in [0.3, 0.4) is 0 Å². The number of ketones is 1. The lowest BCUT2D eigenvalue weighted by Crippen LogP contribution is -2.39. The Bertz CT molecular complexity index is 501. The highest BCUT2D eigenvalue weighted by molar-refractivity contribution is 6.05. The van der Waals surface area contributed by atoms with E-state index < -0.39 is 5.82 Å².